The average Bonchev–Trinajstić information content (AvgIpc) is 3.08. The molecule has 104 valence electrons. The number of aromatic nitrogens is 1. The highest BCUT2D eigenvalue weighted by molar-refractivity contribution is 7.13. The Hall–Kier alpha value is -1.88. The minimum Gasteiger partial charge on any atom is -0.379 e. The summed E-state index contributed by atoms with van der Waals surface area (Å²) in [6, 6.07) is 8.14. The number of carbonyl (C=O) groups is 1. The van der Waals surface area contributed by atoms with Gasteiger partial charge >= 0.3 is 0 Å². The summed E-state index contributed by atoms with van der Waals surface area (Å²) in [4.78, 5) is 20.4. The van der Waals surface area contributed by atoms with Crippen LogP contribution in [0.15, 0.2) is 36.7 Å². The van der Waals surface area contributed by atoms with Crippen LogP contribution < -0.4 is 5.32 Å². The number of likely N-dealkylation sites (tertiary alicyclic amines) is 1. The summed E-state index contributed by atoms with van der Waals surface area (Å²) in [6.07, 6.45) is 4.55. The number of nitrogens with one attached hydrogen (secondary N) is 1. The maximum absolute atomic E-state index is 12.4. The minimum absolute atomic E-state index is 0.151. The minimum atomic E-state index is 0.151. The lowest BCUT2D eigenvalue weighted by Crippen LogP contribution is -2.31. The van der Waals surface area contributed by atoms with Gasteiger partial charge in [0, 0.05) is 36.4 Å². The van der Waals surface area contributed by atoms with Gasteiger partial charge in [-0.1, -0.05) is 0 Å². The van der Waals surface area contributed by atoms with Gasteiger partial charge in [0.25, 0.3) is 5.91 Å². The zero-order valence-electron chi connectivity index (χ0n) is 11.4. The number of aryl methyl sites for hydroxylation is 1. The third kappa shape index (κ3) is 2.82. The molecule has 5 heteroatoms. The van der Waals surface area contributed by atoms with Crippen LogP contribution in [0.4, 0.5) is 5.69 Å². The van der Waals surface area contributed by atoms with Gasteiger partial charge < -0.3 is 10.2 Å². The van der Waals surface area contributed by atoms with Crippen LogP contribution in [0, 0.1) is 6.92 Å². The molecule has 1 aliphatic heterocycles. The first-order chi connectivity index (χ1) is 9.72. The number of rotatable bonds is 3. The summed E-state index contributed by atoms with van der Waals surface area (Å²) in [7, 11) is 0. The van der Waals surface area contributed by atoms with Crippen LogP contribution in [-0.4, -0.2) is 34.9 Å². The van der Waals surface area contributed by atoms with E-state index in [0.29, 0.717) is 6.04 Å². The van der Waals surface area contributed by atoms with E-state index in [2.05, 4.69) is 10.3 Å². The number of nitrogens with zero attached hydrogens (tertiary/aromatic N) is 2. The predicted molar refractivity (Wildman–Crippen MR) is 81.2 cm³/mol. The number of hydrogen-bond acceptors (Lipinski definition) is 4. The van der Waals surface area contributed by atoms with E-state index < -0.39 is 0 Å². The van der Waals surface area contributed by atoms with E-state index in [9.17, 15) is 4.79 Å². The number of pyridine rings is 1. The molecule has 0 aromatic carbocycles. The van der Waals surface area contributed by atoms with Crippen molar-refractivity contribution in [2.75, 3.05) is 18.4 Å². The van der Waals surface area contributed by atoms with Crippen LogP contribution in [0.25, 0.3) is 0 Å². The summed E-state index contributed by atoms with van der Waals surface area (Å²) in [5, 5.41) is 3.43. The van der Waals surface area contributed by atoms with E-state index in [1.54, 1.807) is 17.5 Å². The van der Waals surface area contributed by atoms with Gasteiger partial charge in [-0.25, -0.2) is 0 Å². The Labute approximate surface area is 122 Å². The standard InChI is InChI=1S/C15H17N3OS/c1-11-4-5-14(20-11)15(19)18-8-6-13(10-18)17-12-3-2-7-16-9-12/h2-5,7,9,13,17H,6,8,10H2,1H3/t13-/m1/s1. The lowest BCUT2D eigenvalue weighted by molar-refractivity contribution is 0.0796. The molecule has 0 unspecified atom stereocenters. The normalized spacial score (nSPS) is 18.2. The molecular weight excluding hydrogens is 270 g/mol. The number of hydrogen-bond donors (Lipinski definition) is 1. The second-order valence-electron chi connectivity index (χ2n) is 5.03. The van der Waals surface area contributed by atoms with Crippen LogP contribution in [-0.2, 0) is 0 Å². The molecule has 1 atom stereocenters. The van der Waals surface area contributed by atoms with Crippen LogP contribution in [0.1, 0.15) is 21.0 Å². The fraction of sp³-hybridized carbons (Fsp3) is 0.333. The molecule has 4 nitrogen and oxygen atoms in total. The third-order valence-electron chi connectivity index (χ3n) is 3.46. The molecule has 20 heavy (non-hydrogen) atoms. The van der Waals surface area contributed by atoms with Crippen molar-refractivity contribution in [1.29, 1.82) is 0 Å². The quantitative estimate of drug-likeness (QED) is 0.944. The van der Waals surface area contributed by atoms with Crippen molar-refractivity contribution in [1.82, 2.24) is 9.88 Å². The average molecular weight is 287 g/mol. The molecular formula is C15H17N3OS. The molecule has 0 radical (unpaired) electrons. The third-order valence-corrected chi connectivity index (χ3v) is 4.45. The molecule has 0 spiro atoms. The molecule has 1 saturated heterocycles. The first-order valence-corrected chi connectivity index (χ1v) is 7.56. The molecule has 0 saturated carbocycles. The Kier molecular flexibility index (Phi) is 3.69. The van der Waals surface area contributed by atoms with Crippen LogP contribution >= 0.6 is 11.3 Å². The van der Waals surface area contributed by atoms with Crippen molar-refractivity contribution >= 4 is 22.9 Å². The topological polar surface area (TPSA) is 45.2 Å². The zero-order chi connectivity index (χ0) is 13.9. The van der Waals surface area contributed by atoms with Gasteiger partial charge in [-0.3, -0.25) is 9.78 Å². The largest absolute Gasteiger partial charge is 0.379 e. The molecule has 0 aliphatic carbocycles. The van der Waals surface area contributed by atoms with Crippen molar-refractivity contribution in [2.45, 2.75) is 19.4 Å². The van der Waals surface area contributed by atoms with E-state index in [0.717, 1.165) is 30.1 Å². The highest BCUT2D eigenvalue weighted by Gasteiger charge is 2.27. The summed E-state index contributed by atoms with van der Waals surface area (Å²) < 4.78 is 0. The molecule has 1 aliphatic rings. The highest BCUT2D eigenvalue weighted by Crippen LogP contribution is 2.21. The maximum Gasteiger partial charge on any atom is 0.263 e. The van der Waals surface area contributed by atoms with Crippen molar-refractivity contribution in [3.05, 3.63) is 46.4 Å². The van der Waals surface area contributed by atoms with Crippen molar-refractivity contribution in [3.63, 3.8) is 0 Å². The molecule has 2 aromatic rings. The number of amides is 1. The van der Waals surface area contributed by atoms with Gasteiger partial charge in [-0.05, 0) is 37.6 Å². The van der Waals surface area contributed by atoms with Crippen LogP contribution in [0.2, 0.25) is 0 Å². The van der Waals surface area contributed by atoms with Gasteiger partial charge in [-0.15, -0.1) is 11.3 Å². The van der Waals surface area contributed by atoms with E-state index in [1.165, 1.54) is 4.88 Å². The summed E-state index contributed by atoms with van der Waals surface area (Å²) in [6.45, 7) is 3.59. The van der Waals surface area contributed by atoms with Crippen molar-refractivity contribution < 1.29 is 4.79 Å². The van der Waals surface area contributed by atoms with Gasteiger partial charge in [0.15, 0.2) is 0 Å². The fourth-order valence-electron chi connectivity index (χ4n) is 2.45. The number of carbonyl (C=O) groups excluding carboxylic acids is 1. The molecule has 1 fully saturated rings. The number of anilines is 1. The van der Waals surface area contributed by atoms with Gasteiger partial charge in [0.1, 0.15) is 0 Å². The Balaban J connectivity index is 1.61. The first-order valence-electron chi connectivity index (χ1n) is 6.74. The molecule has 1 N–H and O–H groups in total. The summed E-state index contributed by atoms with van der Waals surface area (Å²) >= 11 is 1.57. The van der Waals surface area contributed by atoms with Crippen molar-refractivity contribution in [2.24, 2.45) is 0 Å². The fourth-order valence-corrected chi connectivity index (χ4v) is 3.29. The Bertz CT molecular complexity index is 596. The monoisotopic (exact) mass is 287 g/mol. The van der Waals surface area contributed by atoms with Crippen LogP contribution in [0.5, 0.6) is 0 Å². The second kappa shape index (κ2) is 5.63. The van der Waals surface area contributed by atoms with Gasteiger partial charge in [0.2, 0.25) is 0 Å². The van der Waals surface area contributed by atoms with E-state index in [4.69, 9.17) is 0 Å². The second-order valence-corrected chi connectivity index (χ2v) is 6.32. The SMILES string of the molecule is Cc1ccc(C(=O)N2CC[C@@H](Nc3cccnc3)C2)s1. The van der Waals surface area contributed by atoms with Gasteiger partial charge in [0.05, 0.1) is 10.6 Å². The van der Waals surface area contributed by atoms with Crippen molar-refractivity contribution in [3.8, 4) is 0 Å². The molecule has 1 amide bonds. The van der Waals surface area contributed by atoms with E-state index in [1.807, 2.05) is 42.3 Å². The Morgan fingerprint density at radius 2 is 2.35 bits per heavy atom. The molecule has 2 aromatic heterocycles. The predicted octanol–water partition coefficient (Wildman–Crippen LogP) is 2.78. The van der Waals surface area contributed by atoms with Gasteiger partial charge in [-0.2, -0.15) is 0 Å². The number of thiophene rings is 1. The van der Waals surface area contributed by atoms with E-state index in [-0.39, 0.29) is 5.91 Å². The molecule has 0 bridgehead atoms. The summed E-state index contributed by atoms with van der Waals surface area (Å²) in [5.41, 5.74) is 1.01. The first kappa shape index (κ1) is 13.1. The lowest BCUT2D eigenvalue weighted by Gasteiger charge is -2.16. The maximum atomic E-state index is 12.4. The Morgan fingerprint density at radius 1 is 1.45 bits per heavy atom. The highest BCUT2D eigenvalue weighted by atomic mass is 32.1. The Morgan fingerprint density at radius 3 is 3.05 bits per heavy atom. The van der Waals surface area contributed by atoms with Crippen LogP contribution in [0.3, 0.4) is 0 Å². The zero-order valence-corrected chi connectivity index (χ0v) is 12.2. The molecule has 3 heterocycles. The smallest absolute Gasteiger partial charge is 0.263 e. The molecule has 3 rings (SSSR count). The lowest BCUT2D eigenvalue weighted by atomic mass is 10.2. The van der Waals surface area contributed by atoms with E-state index >= 15 is 0 Å². The summed E-state index contributed by atoms with van der Waals surface area (Å²) in [5.74, 6) is 0.151.